The molecule has 4 aromatic rings. The van der Waals surface area contributed by atoms with E-state index in [1.54, 1.807) is 88.4 Å². The molecule has 15 heteroatoms. The third kappa shape index (κ3) is 8.54. The lowest BCUT2D eigenvalue weighted by atomic mass is 10.2. The van der Waals surface area contributed by atoms with Crippen molar-refractivity contribution in [2.24, 2.45) is 0 Å². The number of anilines is 2. The standard InChI is InChI=1S/C29H33N6O8P/c1-18(2)42-44(40,43-19(3)4)17-41-22(28(38)39)15-35-16-30-23-24(31-26(36)20-11-7-5-8-12-20)32-29(33-25(23)35)34-27(37)21-13-9-6-10-14-21/h5-14,16,18-19,22H,15,17H2,1-4H3,(H,38,39)(H2,31,32,33,34,36,37)/t22-/m0/s1. The van der Waals surface area contributed by atoms with Crippen molar-refractivity contribution in [2.45, 2.75) is 52.6 Å². The van der Waals surface area contributed by atoms with Crippen molar-refractivity contribution in [1.82, 2.24) is 19.5 Å². The third-order valence-electron chi connectivity index (χ3n) is 5.81. The number of aliphatic carboxylic acids is 1. The minimum atomic E-state index is -3.80. The number of nitrogens with zero attached hydrogens (tertiary/aromatic N) is 4. The summed E-state index contributed by atoms with van der Waals surface area (Å²) in [5.74, 6) is -2.52. The first-order valence-electron chi connectivity index (χ1n) is 13.7. The fraction of sp³-hybridized carbons (Fsp3) is 0.310. The van der Waals surface area contributed by atoms with Crippen LogP contribution < -0.4 is 10.6 Å². The minimum absolute atomic E-state index is 0.0149. The van der Waals surface area contributed by atoms with E-state index in [2.05, 4.69) is 25.6 Å². The van der Waals surface area contributed by atoms with E-state index >= 15 is 0 Å². The maximum atomic E-state index is 13.2. The van der Waals surface area contributed by atoms with Gasteiger partial charge in [0.15, 0.2) is 23.1 Å². The van der Waals surface area contributed by atoms with E-state index in [0.29, 0.717) is 11.1 Å². The molecule has 0 saturated carbocycles. The highest BCUT2D eigenvalue weighted by molar-refractivity contribution is 7.53. The third-order valence-corrected chi connectivity index (χ3v) is 7.76. The highest BCUT2D eigenvalue weighted by atomic mass is 31.2. The minimum Gasteiger partial charge on any atom is -0.479 e. The molecule has 3 N–H and O–H groups in total. The molecule has 2 aromatic heterocycles. The molecule has 0 radical (unpaired) electrons. The van der Waals surface area contributed by atoms with Gasteiger partial charge in [0, 0.05) is 11.1 Å². The second-order valence-electron chi connectivity index (χ2n) is 10.1. The molecule has 1 atom stereocenters. The van der Waals surface area contributed by atoms with Crippen LogP contribution in [0, 0.1) is 0 Å². The Hall–Kier alpha value is -4.49. The van der Waals surface area contributed by atoms with Crippen molar-refractivity contribution < 1.29 is 37.8 Å². The molecule has 0 aliphatic heterocycles. The van der Waals surface area contributed by atoms with Crippen LogP contribution >= 0.6 is 7.60 Å². The van der Waals surface area contributed by atoms with Crippen LogP contribution in [0.25, 0.3) is 11.2 Å². The van der Waals surface area contributed by atoms with Crippen LogP contribution in [0.1, 0.15) is 48.4 Å². The zero-order valence-corrected chi connectivity index (χ0v) is 25.4. The predicted molar refractivity (Wildman–Crippen MR) is 162 cm³/mol. The second kappa shape index (κ2) is 14.3. The van der Waals surface area contributed by atoms with E-state index in [-0.39, 0.29) is 29.5 Å². The first kappa shape index (κ1) is 32.4. The van der Waals surface area contributed by atoms with Crippen LogP contribution in [0.15, 0.2) is 67.0 Å². The zero-order valence-electron chi connectivity index (χ0n) is 24.5. The monoisotopic (exact) mass is 624 g/mol. The zero-order chi connectivity index (χ0) is 31.9. The van der Waals surface area contributed by atoms with Gasteiger partial charge in [-0.3, -0.25) is 19.5 Å². The number of fused-ring (bicyclic) bond motifs is 1. The van der Waals surface area contributed by atoms with E-state index in [1.165, 1.54) is 10.9 Å². The number of imidazole rings is 1. The summed E-state index contributed by atoms with van der Waals surface area (Å²) in [5, 5.41) is 15.2. The van der Waals surface area contributed by atoms with Crippen molar-refractivity contribution in [3.05, 3.63) is 78.1 Å². The van der Waals surface area contributed by atoms with Crippen LogP contribution in [0.4, 0.5) is 11.8 Å². The molecule has 2 heterocycles. The van der Waals surface area contributed by atoms with Gasteiger partial charge < -0.3 is 28.8 Å². The molecule has 0 saturated heterocycles. The second-order valence-corrected chi connectivity index (χ2v) is 12.0. The number of benzene rings is 2. The molecule has 232 valence electrons. The quantitative estimate of drug-likeness (QED) is 0.164. The Balaban J connectivity index is 1.66. The molecule has 0 bridgehead atoms. The summed E-state index contributed by atoms with van der Waals surface area (Å²) in [7, 11) is -3.80. The van der Waals surface area contributed by atoms with Crippen molar-refractivity contribution in [3.8, 4) is 0 Å². The summed E-state index contributed by atoms with van der Waals surface area (Å²) < 4.78 is 31.1. The number of amides is 2. The highest BCUT2D eigenvalue weighted by Crippen LogP contribution is 2.50. The molecule has 0 aliphatic rings. The van der Waals surface area contributed by atoms with E-state index in [9.17, 15) is 24.1 Å². The van der Waals surface area contributed by atoms with E-state index < -0.39 is 50.0 Å². The summed E-state index contributed by atoms with van der Waals surface area (Å²) in [6.07, 6.45) is -1.76. The number of carbonyl (C=O) groups is 3. The van der Waals surface area contributed by atoms with Gasteiger partial charge in [-0.05, 0) is 52.0 Å². The molecule has 0 aliphatic carbocycles. The lowest BCUT2D eigenvalue weighted by Crippen LogP contribution is -2.30. The number of carbonyl (C=O) groups excluding carboxylic acids is 2. The van der Waals surface area contributed by atoms with Gasteiger partial charge in [-0.15, -0.1) is 0 Å². The van der Waals surface area contributed by atoms with Gasteiger partial charge in [0.05, 0.1) is 25.1 Å². The smallest absolute Gasteiger partial charge is 0.356 e. The number of rotatable bonds is 14. The summed E-state index contributed by atoms with van der Waals surface area (Å²) in [4.78, 5) is 51.1. The fourth-order valence-electron chi connectivity index (χ4n) is 4.04. The maximum Gasteiger partial charge on any atom is 0.356 e. The first-order chi connectivity index (χ1) is 20.9. The SMILES string of the molecule is CC(C)OP(=O)(CO[C@@H](Cn1cnc2c(NC(=O)c3ccccc3)nc(NC(=O)c3ccccc3)nc21)C(=O)O)OC(C)C. The first-order valence-corrected chi connectivity index (χ1v) is 15.4. The average molecular weight is 625 g/mol. The van der Waals surface area contributed by atoms with Crippen molar-refractivity contribution in [2.75, 3.05) is 17.0 Å². The van der Waals surface area contributed by atoms with Crippen molar-refractivity contribution in [3.63, 3.8) is 0 Å². The Kier molecular flexibility index (Phi) is 10.6. The van der Waals surface area contributed by atoms with Gasteiger partial charge in [0.25, 0.3) is 11.8 Å². The summed E-state index contributed by atoms with van der Waals surface area (Å²) in [6.45, 7) is 6.36. The normalized spacial score (nSPS) is 12.4. The summed E-state index contributed by atoms with van der Waals surface area (Å²) in [5.41, 5.74) is 0.926. The van der Waals surface area contributed by atoms with Crippen molar-refractivity contribution >= 4 is 48.3 Å². The lowest BCUT2D eigenvalue weighted by molar-refractivity contribution is -0.150. The van der Waals surface area contributed by atoms with E-state index in [0.717, 1.165) is 0 Å². The Morgan fingerprint density at radius 2 is 1.41 bits per heavy atom. The number of ether oxygens (including phenoxy) is 1. The van der Waals surface area contributed by atoms with Gasteiger partial charge in [-0.1, -0.05) is 36.4 Å². The van der Waals surface area contributed by atoms with Crippen LogP contribution in [-0.2, 0) is 29.7 Å². The highest BCUT2D eigenvalue weighted by Gasteiger charge is 2.32. The molecule has 0 fully saturated rings. The van der Waals surface area contributed by atoms with Crippen LogP contribution in [0.3, 0.4) is 0 Å². The number of carboxylic acids is 1. The number of nitrogens with one attached hydrogen (secondary N) is 2. The van der Waals surface area contributed by atoms with Crippen LogP contribution in [0.5, 0.6) is 0 Å². The van der Waals surface area contributed by atoms with E-state index in [4.69, 9.17) is 13.8 Å². The molecule has 2 aromatic carbocycles. The maximum absolute atomic E-state index is 13.2. The molecule has 14 nitrogen and oxygen atoms in total. The number of carboxylic acid groups (broad SMARTS) is 1. The Bertz CT molecular complexity index is 1650. The largest absolute Gasteiger partial charge is 0.479 e. The van der Waals surface area contributed by atoms with Crippen LogP contribution in [0.2, 0.25) is 0 Å². The number of hydrogen-bond acceptors (Lipinski definition) is 10. The summed E-state index contributed by atoms with van der Waals surface area (Å²) in [6, 6.07) is 16.8. The van der Waals surface area contributed by atoms with Gasteiger partial charge in [-0.25, -0.2) is 9.78 Å². The molecular formula is C29H33N6O8P. The molecule has 44 heavy (non-hydrogen) atoms. The van der Waals surface area contributed by atoms with Gasteiger partial charge in [-0.2, -0.15) is 9.97 Å². The Morgan fingerprint density at radius 3 is 1.93 bits per heavy atom. The Morgan fingerprint density at radius 1 is 0.864 bits per heavy atom. The van der Waals surface area contributed by atoms with Crippen molar-refractivity contribution in [1.29, 1.82) is 0 Å². The molecule has 0 spiro atoms. The van der Waals surface area contributed by atoms with Gasteiger partial charge in [0.2, 0.25) is 5.95 Å². The Labute approximate surface area is 253 Å². The lowest BCUT2D eigenvalue weighted by Gasteiger charge is -2.24. The fourth-order valence-corrected chi connectivity index (χ4v) is 5.86. The molecule has 2 amide bonds. The van der Waals surface area contributed by atoms with Gasteiger partial charge in [0.1, 0.15) is 6.35 Å². The molecular weight excluding hydrogens is 591 g/mol. The van der Waals surface area contributed by atoms with Gasteiger partial charge >= 0.3 is 13.6 Å². The molecule has 4 rings (SSSR count). The molecule has 0 unspecified atom stereocenters. The van der Waals surface area contributed by atoms with Crippen LogP contribution in [-0.4, -0.2) is 67.1 Å². The average Bonchev–Trinajstić information content (AvgIpc) is 3.37. The summed E-state index contributed by atoms with van der Waals surface area (Å²) >= 11 is 0. The topological polar surface area (TPSA) is 184 Å². The van der Waals surface area contributed by atoms with E-state index in [1.807, 2.05) is 0 Å². The number of hydrogen-bond donors (Lipinski definition) is 3. The predicted octanol–water partition coefficient (Wildman–Crippen LogP) is 4.80. The number of aromatic nitrogens is 4.